The van der Waals surface area contributed by atoms with Crippen molar-refractivity contribution in [3.05, 3.63) is 41.3 Å². The van der Waals surface area contributed by atoms with Crippen molar-refractivity contribution in [1.29, 1.82) is 0 Å². The van der Waals surface area contributed by atoms with Crippen molar-refractivity contribution in [2.24, 2.45) is 17.8 Å². The number of hydrogen-bond acceptors (Lipinski definition) is 5. The van der Waals surface area contributed by atoms with Crippen molar-refractivity contribution in [3.63, 3.8) is 0 Å². The molecule has 1 amide bonds. The van der Waals surface area contributed by atoms with Gasteiger partial charge in [0.25, 0.3) is 5.91 Å². The van der Waals surface area contributed by atoms with Gasteiger partial charge in [0.15, 0.2) is 24.0 Å². The highest BCUT2D eigenvalue weighted by molar-refractivity contribution is 6.31. The number of halogens is 2. The monoisotopic (exact) mass is 518 g/mol. The summed E-state index contributed by atoms with van der Waals surface area (Å²) in [4.78, 5) is 31.6. The van der Waals surface area contributed by atoms with Crippen molar-refractivity contribution in [3.8, 4) is 16.9 Å². The van der Waals surface area contributed by atoms with Crippen molar-refractivity contribution in [1.82, 2.24) is 4.98 Å². The lowest BCUT2D eigenvalue weighted by Gasteiger charge is -2.30. The number of Topliss-reactive ketones (excluding diaryl/α,β-unsaturated/α-hetero) is 1. The number of benzene rings is 1. The van der Waals surface area contributed by atoms with E-state index in [1.54, 1.807) is 18.3 Å². The maximum Gasteiger partial charge on any atom is 0.266 e. The number of nitrogens with zero attached hydrogens (tertiary/aromatic N) is 2. The fraction of sp³-hybridized carbons (Fsp3) is 0.536. The molecule has 1 aromatic carbocycles. The van der Waals surface area contributed by atoms with Crippen LogP contribution in [0, 0.1) is 23.6 Å². The largest absolute Gasteiger partial charge is 0.480 e. The summed E-state index contributed by atoms with van der Waals surface area (Å²) in [5.74, 6) is 0.401. The number of carbonyl (C=O) groups is 2. The molecular formula is C28H36ClFN2O4. The smallest absolute Gasteiger partial charge is 0.266 e. The first-order chi connectivity index (χ1) is 17.2. The van der Waals surface area contributed by atoms with E-state index in [2.05, 4.69) is 18.8 Å². The Morgan fingerprint density at radius 1 is 1.19 bits per heavy atom. The molecule has 0 saturated carbocycles. The summed E-state index contributed by atoms with van der Waals surface area (Å²) in [6.07, 6.45) is 5.75. The lowest BCUT2D eigenvalue weighted by atomic mass is 9.85. The van der Waals surface area contributed by atoms with Gasteiger partial charge in [-0.2, -0.15) is 0 Å². The zero-order chi connectivity index (χ0) is 26.2. The third kappa shape index (κ3) is 7.04. The van der Waals surface area contributed by atoms with Crippen LogP contribution in [0.15, 0.2) is 30.5 Å². The summed E-state index contributed by atoms with van der Waals surface area (Å²) in [6, 6.07) is 6.13. The van der Waals surface area contributed by atoms with Gasteiger partial charge in [0.05, 0.1) is 11.6 Å². The maximum atomic E-state index is 13.5. The van der Waals surface area contributed by atoms with Gasteiger partial charge in [-0.15, -0.1) is 0 Å². The van der Waals surface area contributed by atoms with E-state index < -0.39 is 5.82 Å². The number of hydrogen-bond donors (Lipinski definition) is 0. The number of anilines is 1. The van der Waals surface area contributed by atoms with Gasteiger partial charge in [0.2, 0.25) is 0 Å². The van der Waals surface area contributed by atoms with Crippen LogP contribution in [-0.4, -0.2) is 43.0 Å². The first-order valence-corrected chi connectivity index (χ1v) is 13.1. The highest BCUT2D eigenvalue weighted by atomic mass is 35.5. The van der Waals surface area contributed by atoms with E-state index in [4.69, 9.17) is 21.1 Å². The molecule has 0 N–H and O–H groups in total. The minimum Gasteiger partial charge on any atom is -0.480 e. The van der Waals surface area contributed by atoms with E-state index in [9.17, 15) is 14.0 Å². The second-order valence-electron chi connectivity index (χ2n) is 9.57. The number of ketones is 1. The number of fused-ring (bicyclic) bond motifs is 1. The van der Waals surface area contributed by atoms with E-state index in [0.29, 0.717) is 35.2 Å². The number of rotatable bonds is 13. The van der Waals surface area contributed by atoms with Crippen LogP contribution in [0.1, 0.15) is 53.4 Å². The molecule has 2 aromatic rings. The summed E-state index contributed by atoms with van der Waals surface area (Å²) in [5, 5.41) is 0.00977. The second-order valence-corrected chi connectivity index (χ2v) is 9.97. The minimum absolute atomic E-state index is 0.00302. The van der Waals surface area contributed by atoms with Crippen LogP contribution in [0.5, 0.6) is 5.75 Å². The molecule has 6 nitrogen and oxygen atoms in total. The number of aromatic nitrogens is 1. The Kier molecular flexibility index (Phi) is 10.3. The second kappa shape index (κ2) is 13.2. The average molecular weight is 519 g/mol. The molecule has 3 atom stereocenters. The quantitative estimate of drug-likeness (QED) is 0.309. The Balaban J connectivity index is 1.67. The Bertz CT molecular complexity index is 1060. The third-order valence-corrected chi connectivity index (χ3v) is 7.24. The van der Waals surface area contributed by atoms with Crippen molar-refractivity contribution in [2.75, 3.05) is 31.3 Å². The molecule has 0 bridgehead atoms. The molecular weight excluding hydrogens is 483 g/mol. The van der Waals surface area contributed by atoms with E-state index in [1.807, 2.05) is 13.8 Å². The Morgan fingerprint density at radius 3 is 2.67 bits per heavy atom. The number of carbonyl (C=O) groups excluding carboxylic acids is 2. The molecule has 0 fully saturated rings. The fourth-order valence-electron chi connectivity index (χ4n) is 4.45. The maximum absolute atomic E-state index is 13.5. The van der Waals surface area contributed by atoms with Crippen LogP contribution < -0.4 is 9.64 Å². The van der Waals surface area contributed by atoms with Gasteiger partial charge in [-0.25, -0.2) is 9.37 Å². The molecule has 3 unspecified atom stereocenters. The molecule has 0 radical (unpaired) electrons. The van der Waals surface area contributed by atoms with Crippen LogP contribution in [0.3, 0.4) is 0 Å². The van der Waals surface area contributed by atoms with Gasteiger partial charge < -0.3 is 9.47 Å². The van der Waals surface area contributed by atoms with Gasteiger partial charge in [-0.3, -0.25) is 14.5 Å². The summed E-state index contributed by atoms with van der Waals surface area (Å²) >= 11 is 5.92. The van der Waals surface area contributed by atoms with E-state index in [-0.39, 0.29) is 41.7 Å². The highest BCUT2D eigenvalue weighted by Gasteiger charge is 2.31. The van der Waals surface area contributed by atoms with Gasteiger partial charge in [0, 0.05) is 30.9 Å². The number of pyridine rings is 1. The molecule has 3 rings (SSSR count). The van der Waals surface area contributed by atoms with Crippen LogP contribution in [0.25, 0.3) is 11.1 Å². The minimum atomic E-state index is -0.503. The first-order valence-electron chi connectivity index (χ1n) is 12.7. The lowest BCUT2D eigenvalue weighted by Crippen LogP contribution is -2.44. The molecule has 1 aromatic heterocycles. The topological polar surface area (TPSA) is 68.7 Å². The van der Waals surface area contributed by atoms with Crippen LogP contribution in [0.4, 0.5) is 10.2 Å². The molecule has 0 aliphatic carbocycles. The third-order valence-electron chi connectivity index (χ3n) is 6.95. The summed E-state index contributed by atoms with van der Waals surface area (Å²) < 4.78 is 24.8. The van der Waals surface area contributed by atoms with Gasteiger partial charge in [-0.05, 0) is 61.8 Å². The predicted octanol–water partition coefficient (Wildman–Crippen LogP) is 6.34. The van der Waals surface area contributed by atoms with Gasteiger partial charge >= 0.3 is 0 Å². The van der Waals surface area contributed by atoms with E-state index >= 15 is 0 Å². The first kappa shape index (κ1) is 28.1. The molecule has 2 heterocycles. The van der Waals surface area contributed by atoms with E-state index in [1.165, 1.54) is 17.0 Å². The Morgan fingerprint density at radius 2 is 1.97 bits per heavy atom. The number of ether oxygens (including phenoxy) is 2. The van der Waals surface area contributed by atoms with Crippen LogP contribution in [-0.2, 0) is 14.3 Å². The Labute approximate surface area is 218 Å². The van der Waals surface area contributed by atoms with Crippen LogP contribution >= 0.6 is 11.6 Å². The van der Waals surface area contributed by atoms with Crippen molar-refractivity contribution in [2.45, 2.75) is 53.4 Å². The highest BCUT2D eigenvalue weighted by Crippen LogP contribution is 2.35. The Hall–Kier alpha value is -2.51. The lowest BCUT2D eigenvalue weighted by molar-refractivity contribution is -0.126. The molecule has 1 aliphatic heterocycles. The normalized spacial score (nSPS) is 15.7. The average Bonchev–Trinajstić information content (AvgIpc) is 2.87. The fourth-order valence-corrected chi connectivity index (χ4v) is 4.63. The predicted molar refractivity (Wildman–Crippen MR) is 140 cm³/mol. The molecule has 196 valence electrons. The molecule has 0 saturated heterocycles. The zero-order valence-electron chi connectivity index (χ0n) is 21.6. The summed E-state index contributed by atoms with van der Waals surface area (Å²) in [5.41, 5.74) is 1.35. The summed E-state index contributed by atoms with van der Waals surface area (Å²) in [7, 11) is 0. The zero-order valence-corrected chi connectivity index (χ0v) is 22.3. The van der Waals surface area contributed by atoms with E-state index in [0.717, 1.165) is 32.3 Å². The molecule has 0 spiro atoms. The summed E-state index contributed by atoms with van der Waals surface area (Å²) in [6.45, 7) is 9.47. The molecule has 8 heteroatoms. The molecule has 1 aliphatic rings. The standard InChI is InChI=1S/C28H36ClFN2O4/c1-5-7-20(16-35-6-2)9-8-18(3)19(4)25(33)15-32-27(34)17-36-26-13-22(14-31-28(26)32)21-10-11-24(30)23(29)12-21/h10-14,18-20H,5-9,15-17H2,1-4H3. The van der Waals surface area contributed by atoms with Gasteiger partial charge in [0.1, 0.15) is 5.82 Å². The van der Waals surface area contributed by atoms with Crippen molar-refractivity contribution >= 4 is 29.1 Å². The van der Waals surface area contributed by atoms with Crippen molar-refractivity contribution < 1.29 is 23.5 Å². The SMILES string of the molecule is CCCC(CCC(C)C(C)C(=O)CN1C(=O)COc2cc(-c3ccc(F)c(Cl)c3)cnc21)COCC. The van der Waals surface area contributed by atoms with Gasteiger partial charge in [-0.1, -0.05) is 44.9 Å². The number of amides is 1. The molecule has 36 heavy (non-hydrogen) atoms. The van der Waals surface area contributed by atoms with Crippen LogP contribution in [0.2, 0.25) is 5.02 Å².